The van der Waals surface area contributed by atoms with Gasteiger partial charge in [-0.25, -0.2) is 0 Å². The number of hydrogen-bond acceptors (Lipinski definition) is 2. The van der Waals surface area contributed by atoms with E-state index in [1.54, 1.807) is 10.9 Å². The van der Waals surface area contributed by atoms with Crippen LogP contribution in [0.15, 0.2) is 22.9 Å². The predicted molar refractivity (Wildman–Crippen MR) is 68.6 cm³/mol. The number of benzene rings is 1. The predicted octanol–water partition coefficient (Wildman–Crippen LogP) is 4.08. The minimum Gasteiger partial charge on any atom is -0.283 e. The summed E-state index contributed by atoms with van der Waals surface area (Å²) in [5.41, 5.74) is 0.704. The van der Waals surface area contributed by atoms with Crippen molar-refractivity contribution in [2.24, 2.45) is 0 Å². The molecule has 2 aromatic rings. The van der Waals surface area contributed by atoms with Gasteiger partial charge >= 0.3 is 0 Å². The maximum Gasteiger partial charge on any atom is 0.152 e. The minimum absolute atomic E-state index is 0.254. The maximum atomic E-state index is 6.14. The van der Waals surface area contributed by atoms with Crippen molar-refractivity contribution >= 4 is 50.7 Å². The highest BCUT2D eigenvalue weighted by atomic mass is 79.9. The Labute approximate surface area is 115 Å². The molecule has 0 aliphatic heterocycles. The van der Waals surface area contributed by atoms with Crippen molar-refractivity contribution < 1.29 is 0 Å². The molecular weight excluding hydrogens is 336 g/mol. The fraction of sp³-hybridized carbons (Fsp3) is 0.111. The first kappa shape index (κ1) is 12.2. The molecular formula is C9H5BrCl3N3. The Morgan fingerprint density at radius 3 is 2.69 bits per heavy atom. The zero-order valence-electron chi connectivity index (χ0n) is 7.79. The molecule has 0 aliphatic carbocycles. The summed E-state index contributed by atoms with van der Waals surface area (Å²) in [6.07, 6.45) is 1.54. The summed E-state index contributed by atoms with van der Waals surface area (Å²) in [6.45, 7) is 0. The lowest BCUT2D eigenvalue weighted by atomic mass is 10.3. The third-order valence-electron chi connectivity index (χ3n) is 2.01. The molecule has 0 saturated carbocycles. The molecule has 0 saturated heterocycles. The largest absolute Gasteiger partial charge is 0.283 e. The van der Waals surface area contributed by atoms with Crippen LogP contribution < -0.4 is 0 Å². The van der Waals surface area contributed by atoms with Crippen molar-refractivity contribution in [3.63, 3.8) is 0 Å². The van der Waals surface area contributed by atoms with Crippen molar-refractivity contribution in [1.29, 1.82) is 0 Å². The van der Waals surface area contributed by atoms with E-state index in [-0.39, 0.29) is 5.88 Å². The average Bonchev–Trinajstić information content (AvgIpc) is 2.74. The third-order valence-corrected chi connectivity index (χ3v) is 4.01. The van der Waals surface area contributed by atoms with Gasteiger partial charge in [-0.05, 0) is 28.1 Å². The summed E-state index contributed by atoms with van der Waals surface area (Å²) in [5, 5.41) is 8.53. The monoisotopic (exact) mass is 339 g/mol. The van der Waals surface area contributed by atoms with E-state index in [1.807, 2.05) is 12.1 Å². The van der Waals surface area contributed by atoms with Crippen LogP contribution in [0.2, 0.25) is 10.0 Å². The maximum absolute atomic E-state index is 6.14. The highest BCUT2D eigenvalue weighted by Crippen LogP contribution is 2.35. The van der Waals surface area contributed by atoms with Crippen molar-refractivity contribution in [2.75, 3.05) is 0 Å². The highest BCUT2D eigenvalue weighted by Gasteiger charge is 2.12. The van der Waals surface area contributed by atoms with Gasteiger partial charge in [-0.3, -0.25) is 4.57 Å². The average molecular weight is 341 g/mol. The quantitative estimate of drug-likeness (QED) is 0.609. The van der Waals surface area contributed by atoms with Crippen molar-refractivity contribution in [1.82, 2.24) is 14.8 Å². The highest BCUT2D eigenvalue weighted by molar-refractivity contribution is 9.10. The van der Waals surface area contributed by atoms with Crippen molar-refractivity contribution in [3.8, 4) is 5.69 Å². The topological polar surface area (TPSA) is 30.7 Å². The van der Waals surface area contributed by atoms with Crippen LogP contribution in [0, 0.1) is 0 Å². The van der Waals surface area contributed by atoms with Crippen LogP contribution in [0.3, 0.4) is 0 Å². The standard InChI is InChI=1S/C9H5BrCl3N3/c10-5-1-2-6(9(13)8(5)12)16-4-14-15-7(16)3-11/h1-2,4H,3H2. The van der Waals surface area contributed by atoms with E-state index in [2.05, 4.69) is 26.1 Å². The van der Waals surface area contributed by atoms with E-state index < -0.39 is 0 Å². The Bertz CT molecular complexity index is 527. The molecule has 1 aromatic heterocycles. The van der Waals surface area contributed by atoms with Gasteiger partial charge in [-0.2, -0.15) is 0 Å². The van der Waals surface area contributed by atoms with E-state index in [0.717, 1.165) is 4.47 Å². The second-order valence-electron chi connectivity index (χ2n) is 2.95. The Morgan fingerprint density at radius 1 is 1.25 bits per heavy atom. The van der Waals surface area contributed by atoms with Gasteiger partial charge in [0.05, 0.1) is 21.6 Å². The van der Waals surface area contributed by atoms with E-state index >= 15 is 0 Å². The van der Waals surface area contributed by atoms with Crippen molar-refractivity contribution in [3.05, 3.63) is 38.8 Å². The summed E-state index contributed by atoms with van der Waals surface area (Å²) in [4.78, 5) is 0. The molecule has 0 aliphatic rings. The van der Waals surface area contributed by atoms with Crippen LogP contribution in [-0.4, -0.2) is 14.8 Å². The van der Waals surface area contributed by atoms with Crippen LogP contribution in [-0.2, 0) is 5.88 Å². The van der Waals surface area contributed by atoms with Gasteiger partial charge in [0.1, 0.15) is 6.33 Å². The van der Waals surface area contributed by atoms with Crippen LogP contribution in [0.4, 0.5) is 0 Å². The summed E-state index contributed by atoms with van der Waals surface area (Å²) < 4.78 is 2.44. The van der Waals surface area contributed by atoms with Crippen LogP contribution in [0.25, 0.3) is 5.69 Å². The number of alkyl halides is 1. The molecule has 0 unspecified atom stereocenters. The van der Waals surface area contributed by atoms with E-state index in [1.165, 1.54) is 0 Å². The van der Waals surface area contributed by atoms with Crippen molar-refractivity contribution in [2.45, 2.75) is 5.88 Å². The molecule has 0 bridgehead atoms. The van der Waals surface area contributed by atoms with Gasteiger partial charge in [-0.15, -0.1) is 21.8 Å². The first-order valence-corrected chi connectivity index (χ1v) is 6.32. The summed E-state index contributed by atoms with van der Waals surface area (Å²) in [5.74, 6) is 0.867. The fourth-order valence-corrected chi connectivity index (χ4v) is 2.30. The number of hydrogen-bond donors (Lipinski definition) is 0. The van der Waals surface area contributed by atoms with Crippen LogP contribution in [0.1, 0.15) is 5.82 Å². The number of halogens is 4. The molecule has 0 radical (unpaired) electrons. The normalized spacial score (nSPS) is 10.8. The van der Waals surface area contributed by atoms with Gasteiger partial charge in [0.2, 0.25) is 0 Å². The lowest BCUT2D eigenvalue weighted by molar-refractivity contribution is 0.951. The third kappa shape index (κ3) is 2.07. The lowest BCUT2D eigenvalue weighted by Gasteiger charge is -2.09. The molecule has 0 N–H and O–H groups in total. The Hall–Kier alpha value is -0.290. The smallest absolute Gasteiger partial charge is 0.152 e. The number of nitrogens with zero attached hydrogens (tertiary/aromatic N) is 3. The van der Waals surface area contributed by atoms with Crippen LogP contribution >= 0.6 is 50.7 Å². The molecule has 16 heavy (non-hydrogen) atoms. The van der Waals surface area contributed by atoms with Gasteiger partial charge in [-0.1, -0.05) is 23.2 Å². The molecule has 0 fully saturated rings. The Morgan fingerprint density at radius 2 is 2.00 bits per heavy atom. The zero-order chi connectivity index (χ0) is 11.7. The number of aromatic nitrogens is 3. The van der Waals surface area contributed by atoms with Gasteiger partial charge in [0.25, 0.3) is 0 Å². The second kappa shape index (κ2) is 4.92. The fourth-order valence-electron chi connectivity index (χ4n) is 1.25. The second-order valence-corrected chi connectivity index (χ2v) is 4.82. The molecule has 3 nitrogen and oxygen atoms in total. The molecule has 1 aromatic carbocycles. The minimum atomic E-state index is 0.254. The van der Waals surface area contributed by atoms with Gasteiger partial charge < -0.3 is 0 Å². The zero-order valence-corrected chi connectivity index (χ0v) is 11.6. The van der Waals surface area contributed by atoms with Gasteiger partial charge in [0.15, 0.2) is 5.82 Å². The molecule has 7 heteroatoms. The molecule has 1 heterocycles. The molecule has 2 rings (SSSR count). The van der Waals surface area contributed by atoms with Crippen LogP contribution in [0.5, 0.6) is 0 Å². The molecule has 84 valence electrons. The first-order chi connectivity index (χ1) is 7.65. The van der Waals surface area contributed by atoms with Gasteiger partial charge in [0, 0.05) is 4.47 Å². The lowest BCUT2D eigenvalue weighted by Crippen LogP contribution is -1.99. The summed E-state index contributed by atoms with van der Waals surface area (Å²) in [7, 11) is 0. The Kier molecular flexibility index (Phi) is 3.74. The summed E-state index contributed by atoms with van der Waals surface area (Å²) in [6, 6.07) is 3.62. The molecule has 0 amide bonds. The van der Waals surface area contributed by atoms with E-state index in [0.29, 0.717) is 21.6 Å². The molecule has 0 atom stereocenters. The Balaban J connectivity index is 2.61. The molecule has 0 spiro atoms. The SMILES string of the molecule is ClCc1nncn1-c1ccc(Br)c(Cl)c1Cl. The van der Waals surface area contributed by atoms with E-state index in [9.17, 15) is 0 Å². The van der Waals surface area contributed by atoms with E-state index in [4.69, 9.17) is 34.8 Å². The summed E-state index contributed by atoms with van der Waals surface area (Å²) >= 11 is 21.2. The first-order valence-electron chi connectivity index (χ1n) is 4.24. The number of rotatable bonds is 2.